The van der Waals surface area contributed by atoms with Gasteiger partial charge in [-0.15, -0.1) is 0 Å². The van der Waals surface area contributed by atoms with Gasteiger partial charge in [0.2, 0.25) is 0 Å². The van der Waals surface area contributed by atoms with Crippen molar-refractivity contribution in [3.8, 4) is 0 Å². The van der Waals surface area contributed by atoms with Crippen molar-refractivity contribution in [2.75, 3.05) is 7.05 Å². The van der Waals surface area contributed by atoms with Crippen LogP contribution in [0.25, 0.3) is 0 Å². The van der Waals surface area contributed by atoms with Gasteiger partial charge in [-0.05, 0) is 46.1 Å². The highest BCUT2D eigenvalue weighted by Crippen LogP contribution is 2.22. The number of hydrogen-bond donors (Lipinski definition) is 1. The number of carbonyl (C=O) groups is 1. The fraction of sp³-hybridized carbons (Fsp3) is 0.923. The molecule has 16 heavy (non-hydrogen) atoms. The predicted octanol–water partition coefficient (Wildman–Crippen LogP) is 2.74. The van der Waals surface area contributed by atoms with Crippen molar-refractivity contribution in [1.82, 2.24) is 5.32 Å². The predicted molar refractivity (Wildman–Crippen MR) is 67.4 cm³/mol. The van der Waals surface area contributed by atoms with Gasteiger partial charge in [-0.2, -0.15) is 0 Å². The molecule has 96 valence electrons. The maximum Gasteiger partial charge on any atom is 0.323 e. The molecule has 0 aliphatic carbocycles. The lowest BCUT2D eigenvalue weighted by atomic mass is 9.88. The third-order valence-corrected chi connectivity index (χ3v) is 2.22. The minimum Gasteiger partial charge on any atom is -0.459 e. The van der Waals surface area contributed by atoms with E-state index in [0.717, 1.165) is 12.8 Å². The standard InChI is InChI=1S/C13H27NO2/c1-12(2,3)9-8-10(14-7)11(15)16-13(4,5)6/h10,14H,8-9H2,1-7H3/t10-/m0/s1. The first-order valence-electron chi connectivity index (χ1n) is 5.95. The van der Waals surface area contributed by atoms with E-state index in [9.17, 15) is 4.79 Å². The third-order valence-electron chi connectivity index (χ3n) is 2.22. The lowest BCUT2D eigenvalue weighted by Crippen LogP contribution is -2.40. The van der Waals surface area contributed by atoms with Crippen LogP contribution in [0, 0.1) is 5.41 Å². The summed E-state index contributed by atoms with van der Waals surface area (Å²) in [5.41, 5.74) is -0.162. The number of carbonyl (C=O) groups excluding carboxylic acids is 1. The Hall–Kier alpha value is -0.570. The largest absolute Gasteiger partial charge is 0.459 e. The molecule has 0 amide bonds. The number of hydrogen-bond acceptors (Lipinski definition) is 3. The first-order chi connectivity index (χ1) is 7.05. The van der Waals surface area contributed by atoms with Gasteiger partial charge in [-0.3, -0.25) is 4.79 Å². The summed E-state index contributed by atoms with van der Waals surface area (Å²) in [6, 6.07) is -0.196. The van der Waals surface area contributed by atoms with Crippen LogP contribution in [0.5, 0.6) is 0 Å². The lowest BCUT2D eigenvalue weighted by Gasteiger charge is -2.26. The van der Waals surface area contributed by atoms with Gasteiger partial charge >= 0.3 is 5.97 Å². The zero-order valence-corrected chi connectivity index (χ0v) is 11.8. The Labute approximate surface area is 99.9 Å². The molecule has 3 heteroatoms. The van der Waals surface area contributed by atoms with E-state index in [4.69, 9.17) is 4.74 Å². The van der Waals surface area contributed by atoms with Crippen LogP contribution in [-0.2, 0) is 9.53 Å². The first kappa shape index (κ1) is 15.4. The second-order valence-electron chi connectivity index (χ2n) is 6.47. The molecule has 1 atom stereocenters. The normalized spacial score (nSPS) is 14.7. The molecule has 3 nitrogen and oxygen atoms in total. The number of rotatable bonds is 4. The van der Waals surface area contributed by atoms with E-state index in [0.29, 0.717) is 0 Å². The van der Waals surface area contributed by atoms with E-state index in [1.165, 1.54) is 0 Å². The van der Waals surface area contributed by atoms with Crippen molar-refractivity contribution in [2.45, 2.75) is 66.0 Å². The van der Waals surface area contributed by atoms with Crippen molar-refractivity contribution in [2.24, 2.45) is 5.41 Å². The molecule has 1 N–H and O–H groups in total. The van der Waals surface area contributed by atoms with Crippen LogP contribution in [0.4, 0.5) is 0 Å². The Balaban J connectivity index is 4.23. The van der Waals surface area contributed by atoms with Gasteiger partial charge in [-0.1, -0.05) is 20.8 Å². The average Bonchev–Trinajstić information content (AvgIpc) is 1.99. The SMILES string of the molecule is CN[C@@H](CCC(C)(C)C)C(=O)OC(C)(C)C. The molecular formula is C13H27NO2. The van der Waals surface area contributed by atoms with Crippen LogP contribution in [0.1, 0.15) is 54.4 Å². The van der Waals surface area contributed by atoms with Gasteiger partial charge in [0.25, 0.3) is 0 Å². The smallest absolute Gasteiger partial charge is 0.323 e. The molecule has 0 radical (unpaired) electrons. The van der Waals surface area contributed by atoms with Crippen LogP contribution < -0.4 is 5.32 Å². The Morgan fingerprint density at radius 2 is 1.69 bits per heavy atom. The molecule has 0 saturated heterocycles. The van der Waals surface area contributed by atoms with Crippen LogP contribution >= 0.6 is 0 Å². The summed E-state index contributed by atoms with van der Waals surface area (Å²) < 4.78 is 5.35. The van der Waals surface area contributed by atoms with Crippen LogP contribution in [0.15, 0.2) is 0 Å². The fourth-order valence-electron chi connectivity index (χ4n) is 1.33. The van der Waals surface area contributed by atoms with Gasteiger partial charge in [-0.25, -0.2) is 0 Å². The Bertz CT molecular complexity index is 223. The van der Waals surface area contributed by atoms with Crippen LogP contribution in [0.3, 0.4) is 0 Å². The highest BCUT2D eigenvalue weighted by molar-refractivity contribution is 5.76. The van der Waals surface area contributed by atoms with Crippen LogP contribution in [0.2, 0.25) is 0 Å². The summed E-state index contributed by atoms with van der Waals surface area (Å²) in [5, 5.41) is 3.02. The van der Waals surface area contributed by atoms with Gasteiger partial charge in [0.1, 0.15) is 11.6 Å². The minimum absolute atomic E-state index is 0.153. The van der Waals surface area contributed by atoms with Gasteiger partial charge in [0, 0.05) is 0 Å². The zero-order valence-electron chi connectivity index (χ0n) is 11.8. The summed E-state index contributed by atoms with van der Waals surface area (Å²) in [5.74, 6) is -0.153. The number of nitrogens with one attached hydrogen (secondary N) is 1. The van der Waals surface area contributed by atoms with Gasteiger partial charge in [0.15, 0.2) is 0 Å². The lowest BCUT2D eigenvalue weighted by molar-refractivity contribution is -0.157. The van der Waals surface area contributed by atoms with E-state index >= 15 is 0 Å². The Morgan fingerprint density at radius 3 is 2.00 bits per heavy atom. The summed E-state index contributed by atoms with van der Waals surface area (Å²) in [4.78, 5) is 11.8. The monoisotopic (exact) mass is 229 g/mol. The molecule has 0 aromatic heterocycles. The average molecular weight is 229 g/mol. The molecule has 0 unspecified atom stereocenters. The van der Waals surface area contributed by atoms with E-state index < -0.39 is 5.60 Å². The fourth-order valence-corrected chi connectivity index (χ4v) is 1.33. The summed E-state index contributed by atoms with van der Waals surface area (Å²) in [7, 11) is 1.80. The van der Waals surface area contributed by atoms with Crippen molar-refractivity contribution in [1.29, 1.82) is 0 Å². The van der Waals surface area contributed by atoms with Gasteiger partial charge < -0.3 is 10.1 Å². The van der Waals surface area contributed by atoms with Crippen molar-refractivity contribution >= 4 is 5.97 Å². The molecule has 0 heterocycles. The highest BCUT2D eigenvalue weighted by atomic mass is 16.6. The van der Waals surface area contributed by atoms with Gasteiger partial charge in [0.05, 0.1) is 0 Å². The van der Waals surface area contributed by atoms with Crippen molar-refractivity contribution < 1.29 is 9.53 Å². The van der Waals surface area contributed by atoms with Crippen molar-refractivity contribution in [3.63, 3.8) is 0 Å². The Morgan fingerprint density at radius 1 is 1.19 bits per heavy atom. The molecule has 0 fully saturated rings. The molecular weight excluding hydrogens is 202 g/mol. The molecule has 0 rings (SSSR count). The van der Waals surface area contributed by atoms with Crippen molar-refractivity contribution in [3.05, 3.63) is 0 Å². The third kappa shape index (κ3) is 7.69. The molecule has 0 aliphatic heterocycles. The molecule has 0 spiro atoms. The topological polar surface area (TPSA) is 38.3 Å². The molecule has 0 aromatic rings. The maximum absolute atomic E-state index is 11.8. The van der Waals surface area contributed by atoms with E-state index in [1.807, 2.05) is 20.8 Å². The number of ether oxygens (including phenoxy) is 1. The quantitative estimate of drug-likeness (QED) is 0.753. The summed E-state index contributed by atoms with van der Waals surface area (Å²) >= 11 is 0. The molecule has 0 saturated carbocycles. The zero-order chi connectivity index (χ0) is 13.0. The maximum atomic E-state index is 11.8. The van der Waals surface area contributed by atoms with E-state index in [1.54, 1.807) is 7.05 Å². The summed E-state index contributed by atoms with van der Waals surface area (Å²) in [6.07, 6.45) is 1.81. The summed E-state index contributed by atoms with van der Waals surface area (Å²) in [6.45, 7) is 12.2. The minimum atomic E-state index is -0.409. The highest BCUT2D eigenvalue weighted by Gasteiger charge is 2.25. The van der Waals surface area contributed by atoms with E-state index in [2.05, 4.69) is 26.1 Å². The number of esters is 1. The second-order valence-corrected chi connectivity index (χ2v) is 6.47. The molecule has 0 bridgehead atoms. The molecule has 0 aromatic carbocycles. The first-order valence-corrected chi connectivity index (χ1v) is 5.95. The van der Waals surface area contributed by atoms with E-state index in [-0.39, 0.29) is 17.4 Å². The number of likely N-dealkylation sites (N-methyl/N-ethyl adjacent to an activating group) is 1. The molecule has 0 aliphatic rings. The second kappa shape index (κ2) is 5.67. The van der Waals surface area contributed by atoms with Crippen LogP contribution in [-0.4, -0.2) is 24.7 Å². The Kier molecular flexibility index (Phi) is 5.47.